The topological polar surface area (TPSA) is 58.9 Å². The first-order valence-electron chi connectivity index (χ1n) is 6.92. The van der Waals surface area contributed by atoms with Crippen molar-refractivity contribution in [2.75, 3.05) is 0 Å². The Morgan fingerprint density at radius 1 is 1.52 bits per heavy atom. The van der Waals surface area contributed by atoms with Crippen molar-refractivity contribution >= 4 is 27.6 Å². The lowest BCUT2D eigenvalue weighted by molar-refractivity contribution is -0.269. The lowest BCUT2D eigenvalue weighted by Crippen LogP contribution is -2.12. The fourth-order valence-corrected chi connectivity index (χ4v) is 3.05. The van der Waals surface area contributed by atoms with Gasteiger partial charge in [0.15, 0.2) is 5.12 Å². The van der Waals surface area contributed by atoms with Crippen molar-refractivity contribution in [1.29, 1.82) is 0 Å². The lowest BCUT2D eigenvalue weighted by Gasteiger charge is -2.12. The Labute approximate surface area is 128 Å². The quantitative estimate of drug-likeness (QED) is 0.487. The Bertz CT molecular complexity index is 568. The lowest BCUT2D eigenvalue weighted by atomic mass is 10.1. The molecule has 112 valence electrons. The van der Waals surface area contributed by atoms with E-state index in [1.165, 1.54) is 17.3 Å². The molecule has 0 saturated heterocycles. The van der Waals surface area contributed by atoms with Crippen LogP contribution in [0.25, 0.3) is 0 Å². The van der Waals surface area contributed by atoms with Gasteiger partial charge in [-0.1, -0.05) is 24.8 Å². The zero-order valence-corrected chi connectivity index (χ0v) is 12.9. The maximum Gasteiger partial charge on any atom is 0.194 e. The molecule has 5 heteroatoms. The van der Waals surface area contributed by atoms with E-state index in [4.69, 9.17) is 5.26 Å². The normalized spacial score (nSPS) is 14.5. The minimum atomic E-state index is -0.393. The molecule has 1 aliphatic rings. The molecule has 0 fully saturated rings. The van der Waals surface area contributed by atoms with E-state index in [0.717, 1.165) is 22.7 Å². The zero-order chi connectivity index (χ0) is 15.2. The Morgan fingerprint density at radius 2 is 2.29 bits per heavy atom. The van der Waals surface area contributed by atoms with Crippen LogP contribution in [0.2, 0.25) is 0 Å². The van der Waals surface area contributed by atoms with Crippen molar-refractivity contribution in [2.24, 2.45) is 4.99 Å². The molecule has 0 saturated carbocycles. The average molecular weight is 305 g/mol. The Balaban J connectivity index is 1.75. The van der Waals surface area contributed by atoms with Crippen LogP contribution in [-0.4, -0.2) is 21.5 Å². The van der Waals surface area contributed by atoms with E-state index in [0.29, 0.717) is 19.3 Å². The molecule has 0 bridgehead atoms. The van der Waals surface area contributed by atoms with Crippen LogP contribution in [0.5, 0.6) is 0 Å². The molecule has 1 N–H and O–H groups in total. The van der Waals surface area contributed by atoms with Gasteiger partial charge in [-0.2, -0.15) is 0 Å². The summed E-state index contributed by atoms with van der Waals surface area (Å²) in [7, 11) is 0. The standard InChI is InChI=1S/C16H19NO3S/c1-11(2)14(20-19)8-5-9-16(18)21-15-10-12-6-3-4-7-13(12)17-15/h3-4,6-7,14,19H,1,5,8-10H2,2H3. The summed E-state index contributed by atoms with van der Waals surface area (Å²) in [6.07, 6.45) is 2.03. The van der Waals surface area contributed by atoms with Crippen LogP contribution in [0.15, 0.2) is 41.4 Å². The molecule has 1 heterocycles. The Kier molecular flexibility index (Phi) is 5.73. The molecule has 0 aromatic heterocycles. The first-order valence-corrected chi connectivity index (χ1v) is 7.73. The van der Waals surface area contributed by atoms with Crippen LogP contribution in [0.3, 0.4) is 0 Å². The summed E-state index contributed by atoms with van der Waals surface area (Å²) in [5.74, 6) is 0. The van der Waals surface area contributed by atoms with Crippen molar-refractivity contribution in [3.63, 3.8) is 0 Å². The summed E-state index contributed by atoms with van der Waals surface area (Å²) >= 11 is 1.22. The number of para-hydroxylation sites is 1. The maximum absolute atomic E-state index is 11.9. The minimum Gasteiger partial charge on any atom is -0.287 e. The number of carbonyl (C=O) groups is 1. The molecule has 0 spiro atoms. The number of rotatable bonds is 6. The number of hydrogen-bond donors (Lipinski definition) is 1. The van der Waals surface area contributed by atoms with Gasteiger partial charge in [0, 0.05) is 12.8 Å². The number of carbonyl (C=O) groups excluding carboxylic acids is 1. The summed E-state index contributed by atoms with van der Waals surface area (Å²) in [6, 6.07) is 7.93. The summed E-state index contributed by atoms with van der Waals surface area (Å²) in [6.45, 7) is 5.53. The summed E-state index contributed by atoms with van der Waals surface area (Å²) < 4.78 is 0. The predicted octanol–water partition coefficient (Wildman–Crippen LogP) is 4.14. The van der Waals surface area contributed by atoms with Gasteiger partial charge in [-0.25, -0.2) is 9.88 Å². The van der Waals surface area contributed by atoms with Gasteiger partial charge in [0.2, 0.25) is 0 Å². The molecule has 1 aromatic carbocycles. The van der Waals surface area contributed by atoms with Crippen molar-refractivity contribution < 1.29 is 14.9 Å². The summed E-state index contributed by atoms with van der Waals surface area (Å²) in [5, 5.41) is 9.68. The van der Waals surface area contributed by atoms with E-state index >= 15 is 0 Å². The number of thioether (sulfide) groups is 1. The third-order valence-electron chi connectivity index (χ3n) is 3.33. The fourth-order valence-electron chi connectivity index (χ4n) is 2.17. The predicted molar refractivity (Wildman–Crippen MR) is 86.0 cm³/mol. The smallest absolute Gasteiger partial charge is 0.194 e. The molecule has 0 radical (unpaired) electrons. The molecule has 0 aliphatic carbocycles. The molecule has 4 nitrogen and oxygen atoms in total. The van der Waals surface area contributed by atoms with Gasteiger partial charge in [0.1, 0.15) is 6.10 Å². The van der Waals surface area contributed by atoms with Gasteiger partial charge < -0.3 is 0 Å². The number of hydrogen-bond acceptors (Lipinski definition) is 5. The van der Waals surface area contributed by atoms with Crippen LogP contribution >= 0.6 is 11.8 Å². The number of nitrogens with zero attached hydrogens (tertiary/aromatic N) is 1. The number of aliphatic imine (C=N–C) groups is 1. The van der Waals surface area contributed by atoms with Crippen LogP contribution in [0, 0.1) is 0 Å². The molecule has 1 aliphatic heterocycles. The second-order valence-electron chi connectivity index (χ2n) is 5.12. The Morgan fingerprint density at radius 3 is 2.95 bits per heavy atom. The van der Waals surface area contributed by atoms with E-state index in [1.54, 1.807) is 6.92 Å². The molecule has 1 unspecified atom stereocenters. The summed E-state index contributed by atoms with van der Waals surface area (Å²) in [5.41, 5.74) is 2.89. The van der Waals surface area contributed by atoms with Gasteiger partial charge in [-0.3, -0.25) is 10.1 Å². The molecule has 1 aromatic rings. The van der Waals surface area contributed by atoms with Gasteiger partial charge in [0.25, 0.3) is 0 Å². The van der Waals surface area contributed by atoms with E-state index < -0.39 is 6.10 Å². The van der Waals surface area contributed by atoms with E-state index in [-0.39, 0.29) is 5.12 Å². The Hall–Kier alpha value is -1.43. The van der Waals surface area contributed by atoms with Crippen LogP contribution < -0.4 is 0 Å². The molecule has 1 atom stereocenters. The second-order valence-corrected chi connectivity index (χ2v) is 6.25. The average Bonchev–Trinajstić information content (AvgIpc) is 2.85. The third-order valence-corrected chi connectivity index (χ3v) is 4.24. The van der Waals surface area contributed by atoms with Crippen molar-refractivity contribution in [3.05, 3.63) is 42.0 Å². The molecule has 21 heavy (non-hydrogen) atoms. The van der Waals surface area contributed by atoms with Gasteiger partial charge >= 0.3 is 0 Å². The molecule has 0 amide bonds. The summed E-state index contributed by atoms with van der Waals surface area (Å²) in [4.78, 5) is 20.7. The second kappa shape index (κ2) is 7.54. The van der Waals surface area contributed by atoms with Gasteiger partial charge in [0.05, 0.1) is 10.7 Å². The van der Waals surface area contributed by atoms with E-state index in [9.17, 15) is 4.79 Å². The zero-order valence-electron chi connectivity index (χ0n) is 12.0. The fraction of sp³-hybridized carbons (Fsp3) is 0.375. The largest absolute Gasteiger partial charge is 0.287 e. The molecule has 2 rings (SSSR count). The SMILES string of the molecule is C=C(C)C(CCCC(=O)SC1=Nc2ccccc2C1)OO. The van der Waals surface area contributed by atoms with Crippen LogP contribution in [0.4, 0.5) is 5.69 Å². The van der Waals surface area contributed by atoms with Crippen molar-refractivity contribution in [1.82, 2.24) is 0 Å². The molecular formula is C16H19NO3S. The first-order chi connectivity index (χ1) is 10.1. The number of fused-ring (bicyclic) bond motifs is 1. The highest BCUT2D eigenvalue weighted by Gasteiger charge is 2.18. The van der Waals surface area contributed by atoms with Crippen molar-refractivity contribution in [3.8, 4) is 0 Å². The first kappa shape index (κ1) is 15.9. The van der Waals surface area contributed by atoms with Crippen LogP contribution in [-0.2, 0) is 16.1 Å². The van der Waals surface area contributed by atoms with Gasteiger partial charge in [-0.05, 0) is 48.7 Å². The highest BCUT2D eigenvalue weighted by atomic mass is 32.2. The van der Waals surface area contributed by atoms with E-state index in [2.05, 4.69) is 16.5 Å². The number of benzene rings is 1. The van der Waals surface area contributed by atoms with Crippen molar-refractivity contribution in [2.45, 2.75) is 38.7 Å². The molecular weight excluding hydrogens is 286 g/mol. The van der Waals surface area contributed by atoms with E-state index in [1.807, 2.05) is 24.3 Å². The monoisotopic (exact) mass is 305 g/mol. The minimum absolute atomic E-state index is 0.0972. The van der Waals surface area contributed by atoms with Crippen LogP contribution in [0.1, 0.15) is 31.7 Å². The van der Waals surface area contributed by atoms with Gasteiger partial charge in [-0.15, -0.1) is 0 Å². The highest BCUT2D eigenvalue weighted by molar-refractivity contribution is 8.26. The maximum atomic E-state index is 11.9. The highest BCUT2D eigenvalue weighted by Crippen LogP contribution is 2.30. The third kappa shape index (κ3) is 4.52.